The van der Waals surface area contributed by atoms with Gasteiger partial charge in [-0.25, -0.2) is 14.0 Å². The van der Waals surface area contributed by atoms with E-state index in [-0.39, 0.29) is 42.2 Å². The Morgan fingerprint density at radius 3 is 2.54 bits per heavy atom. The van der Waals surface area contributed by atoms with Gasteiger partial charge in [-0.15, -0.1) is 0 Å². The molecule has 0 spiro atoms. The number of hydrogen-bond acceptors (Lipinski definition) is 7. The van der Waals surface area contributed by atoms with Crippen LogP contribution in [0.2, 0.25) is 0 Å². The van der Waals surface area contributed by atoms with E-state index in [2.05, 4.69) is 30.7 Å². The van der Waals surface area contributed by atoms with Crippen molar-refractivity contribution in [3.63, 3.8) is 0 Å². The van der Waals surface area contributed by atoms with Crippen LogP contribution in [0.15, 0.2) is 27.9 Å². The first kappa shape index (κ1) is 19.9. The fourth-order valence-electron chi connectivity index (χ4n) is 2.42. The molecule has 1 aromatic carbocycles. The Morgan fingerprint density at radius 2 is 1.96 bits per heavy atom. The molecule has 0 saturated carbocycles. The number of anilines is 1. The molecule has 0 aromatic heterocycles. The number of ether oxygens (including phenoxy) is 2. The largest absolute Gasteiger partial charge is 0.466 e. The maximum absolute atomic E-state index is 14.6. The highest BCUT2D eigenvalue weighted by molar-refractivity contribution is 9.10. The lowest BCUT2D eigenvalue weighted by atomic mass is 10.1. The lowest BCUT2D eigenvalue weighted by molar-refractivity contribution is -0.136. The number of benzene rings is 1. The van der Waals surface area contributed by atoms with Gasteiger partial charge in [-0.1, -0.05) is 15.9 Å². The fourth-order valence-corrected chi connectivity index (χ4v) is 2.88. The van der Waals surface area contributed by atoms with E-state index in [1.165, 1.54) is 17.0 Å². The molecule has 0 fully saturated rings. The number of hydrogen-bond donors (Lipinski definition) is 2. The normalized spacial score (nSPS) is 13.9. The third kappa shape index (κ3) is 3.86. The standard InChI is InChI=1S/C16H16BrFN2O6/c1-25-15(23)9-5-8(17)6-11(12(9)18)19-13-10(16(24)26-2)7-20(3-4-21)14(13)22/h5-6,19,21H,3-4,7H2,1-2H3. The number of esters is 2. The molecule has 8 nitrogen and oxygen atoms in total. The van der Waals surface area contributed by atoms with Gasteiger partial charge in [-0.2, -0.15) is 0 Å². The van der Waals surface area contributed by atoms with Gasteiger partial charge in [0.1, 0.15) is 5.70 Å². The number of aliphatic hydroxyl groups excluding tert-OH is 1. The predicted octanol–water partition coefficient (Wildman–Crippen LogP) is 1.05. The molecule has 2 rings (SSSR count). The Hall–Kier alpha value is -2.46. The third-order valence-electron chi connectivity index (χ3n) is 3.66. The van der Waals surface area contributed by atoms with E-state index in [0.717, 1.165) is 14.2 Å². The van der Waals surface area contributed by atoms with E-state index in [0.29, 0.717) is 4.47 Å². The first-order valence-electron chi connectivity index (χ1n) is 7.40. The van der Waals surface area contributed by atoms with Crippen molar-refractivity contribution < 1.29 is 33.4 Å². The maximum Gasteiger partial charge on any atom is 0.340 e. The molecule has 1 heterocycles. The van der Waals surface area contributed by atoms with Crippen molar-refractivity contribution in [3.05, 3.63) is 39.3 Å². The lowest BCUT2D eigenvalue weighted by Gasteiger charge is -2.15. The summed E-state index contributed by atoms with van der Waals surface area (Å²) in [6.45, 7) is -0.391. The summed E-state index contributed by atoms with van der Waals surface area (Å²) in [6.07, 6.45) is 0. The molecular formula is C16H16BrFN2O6. The summed E-state index contributed by atoms with van der Waals surface area (Å²) >= 11 is 3.15. The maximum atomic E-state index is 14.6. The topological polar surface area (TPSA) is 105 Å². The van der Waals surface area contributed by atoms with Gasteiger partial charge in [0.25, 0.3) is 5.91 Å². The van der Waals surface area contributed by atoms with E-state index in [9.17, 15) is 18.8 Å². The molecule has 1 aliphatic heterocycles. The number of carbonyl (C=O) groups excluding carboxylic acids is 3. The molecule has 0 aliphatic carbocycles. The average molecular weight is 431 g/mol. The number of rotatable bonds is 6. The minimum Gasteiger partial charge on any atom is -0.466 e. The van der Waals surface area contributed by atoms with Crippen LogP contribution in [0.4, 0.5) is 10.1 Å². The number of carbonyl (C=O) groups is 3. The zero-order valence-electron chi connectivity index (χ0n) is 14.0. The van der Waals surface area contributed by atoms with Crippen molar-refractivity contribution in [1.82, 2.24) is 4.90 Å². The quantitative estimate of drug-likeness (QED) is 0.649. The third-order valence-corrected chi connectivity index (χ3v) is 4.11. The lowest BCUT2D eigenvalue weighted by Crippen LogP contribution is -2.31. The van der Waals surface area contributed by atoms with Gasteiger partial charge in [0.15, 0.2) is 5.82 Å². The highest BCUT2D eigenvalue weighted by atomic mass is 79.9. The van der Waals surface area contributed by atoms with Crippen LogP contribution < -0.4 is 5.32 Å². The zero-order valence-corrected chi connectivity index (χ0v) is 15.6. The number of nitrogens with one attached hydrogen (secondary N) is 1. The summed E-state index contributed by atoms with van der Waals surface area (Å²) in [7, 11) is 2.27. The fraction of sp³-hybridized carbons (Fsp3) is 0.312. The van der Waals surface area contributed by atoms with Gasteiger partial charge in [-0.3, -0.25) is 4.79 Å². The first-order valence-corrected chi connectivity index (χ1v) is 8.19. The Bertz CT molecular complexity index is 795. The number of aliphatic hydroxyl groups is 1. The van der Waals surface area contributed by atoms with Crippen molar-refractivity contribution in [2.45, 2.75) is 0 Å². The van der Waals surface area contributed by atoms with Crippen LogP contribution in [0.25, 0.3) is 0 Å². The number of halogens is 2. The summed E-state index contributed by atoms with van der Waals surface area (Å²) in [5.74, 6) is -3.19. The molecule has 0 atom stereocenters. The van der Waals surface area contributed by atoms with E-state index >= 15 is 0 Å². The Kier molecular flexibility index (Phi) is 6.32. The van der Waals surface area contributed by atoms with Gasteiger partial charge >= 0.3 is 11.9 Å². The van der Waals surface area contributed by atoms with E-state index in [1.807, 2.05) is 0 Å². The summed E-state index contributed by atoms with van der Waals surface area (Å²) in [5.41, 5.74) is -0.735. The number of β-amino-alcohol motifs (C(OH)–C–C–N with tert-alkyl or cyclic N) is 1. The molecule has 0 bridgehead atoms. The second-order valence-electron chi connectivity index (χ2n) is 5.23. The van der Waals surface area contributed by atoms with Gasteiger partial charge < -0.3 is 24.8 Å². The Balaban J connectivity index is 2.47. The van der Waals surface area contributed by atoms with Gasteiger partial charge in [0.05, 0.1) is 44.2 Å². The molecule has 1 aliphatic rings. The van der Waals surface area contributed by atoms with Crippen molar-refractivity contribution in [2.24, 2.45) is 0 Å². The summed E-state index contributed by atoms with van der Waals surface area (Å²) in [4.78, 5) is 37.3. The van der Waals surface area contributed by atoms with E-state index in [1.54, 1.807) is 0 Å². The first-order chi connectivity index (χ1) is 12.3. The van der Waals surface area contributed by atoms with Crippen LogP contribution in [0.5, 0.6) is 0 Å². The van der Waals surface area contributed by atoms with Gasteiger partial charge in [-0.05, 0) is 12.1 Å². The van der Waals surface area contributed by atoms with Crippen LogP contribution in [0.3, 0.4) is 0 Å². The molecule has 0 radical (unpaired) electrons. The second kappa shape index (κ2) is 8.28. The Morgan fingerprint density at radius 1 is 1.31 bits per heavy atom. The second-order valence-corrected chi connectivity index (χ2v) is 6.14. The van der Waals surface area contributed by atoms with Crippen LogP contribution >= 0.6 is 15.9 Å². The smallest absolute Gasteiger partial charge is 0.340 e. The molecule has 140 valence electrons. The molecule has 1 aromatic rings. The van der Waals surface area contributed by atoms with Crippen molar-refractivity contribution in [3.8, 4) is 0 Å². The predicted molar refractivity (Wildman–Crippen MR) is 91.8 cm³/mol. The summed E-state index contributed by atoms with van der Waals surface area (Å²) in [5, 5.41) is 11.6. The molecule has 2 N–H and O–H groups in total. The van der Waals surface area contributed by atoms with Crippen molar-refractivity contribution in [2.75, 3.05) is 39.2 Å². The minimum atomic E-state index is -0.940. The number of nitrogens with zero attached hydrogens (tertiary/aromatic N) is 1. The van der Waals surface area contributed by atoms with Crippen molar-refractivity contribution >= 4 is 39.5 Å². The SMILES string of the molecule is COC(=O)C1=C(Nc2cc(Br)cc(C(=O)OC)c2F)C(=O)N(CCO)C1. The average Bonchev–Trinajstić information content (AvgIpc) is 2.93. The molecule has 0 unspecified atom stereocenters. The van der Waals surface area contributed by atoms with Crippen LogP contribution in [0, 0.1) is 5.82 Å². The minimum absolute atomic E-state index is 0.00111. The van der Waals surface area contributed by atoms with E-state index in [4.69, 9.17) is 5.11 Å². The molecule has 10 heteroatoms. The molecule has 26 heavy (non-hydrogen) atoms. The molecular weight excluding hydrogens is 415 g/mol. The van der Waals surface area contributed by atoms with Crippen LogP contribution in [-0.4, -0.2) is 61.8 Å². The highest BCUT2D eigenvalue weighted by Crippen LogP contribution is 2.29. The van der Waals surface area contributed by atoms with Crippen LogP contribution in [0.1, 0.15) is 10.4 Å². The van der Waals surface area contributed by atoms with Crippen LogP contribution in [-0.2, 0) is 19.1 Å². The number of methoxy groups -OCH3 is 2. The summed E-state index contributed by atoms with van der Waals surface area (Å²) in [6, 6.07) is 2.54. The molecule has 0 saturated heterocycles. The van der Waals surface area contributed by atoms with Crippen molar-refractivity contribution in [1.29, 1.82) is 0 Å². The van der Waals surface area contributed by atoms with Gasteiger partial charge in [0.2, 0.25) is 0 Å². The highest BCUT2D eigenvalue weighted by Gasteiger charge is 2.35. The zero-order chi connectivity index (χ0) is 19.4. The van der Waals surface area contributed by atoms with Gasteiger partial charge in [0, 0.05) is 11.0 Å². The van der Waals surface area contributed by atoms with E-state index < -0.39 is 23.7 Å². The number of amides is 1. The summed E-state index contributed by atoms with van der Waals surface area (Å²) < 4.78 is 24.2. The monoisotopic (exact) mass is 430 g/mol. The Labute approximate surface area is 156 Å². The molecule has 1 amide bonds.